The van der Waals surface area contributed by atoms with Crippen LogP contribution in [0.2, 0.25) is 0 Å². The molecule has 0 saturated heterocycles. The van der Waals surface area contributed by atoms with Crippen molar-refractivity contribution in [3.8, 4) is 11.5 Å². The Morgan fingerprint density at radius 2 is 2.00 bits per heavy atom. The molecule has 0 aliphatic carbocycles. The molecule has 1 N–H and O–H groups in total. The van der Waals surface area contributed by atoms with Crippen molar-refractivity contribution in [1.82, 2.24) is 10.2 Å². The molecule has 0 unspecified atom stereocenters. The van der Waals surface area contributed by atoms with E-state index in [-0.39, 0.29) is 6.04 Å². The summed E-state index contributed by atoms with van der Waals surface area (Å²) in [5.41, 5.74) is 2.60. The van der Waals surface area contributed by atoms with Gasteiger partial charge in [0.1, 0.15) is 0 Å². The number of fused-ring (bicyclic) bond motifs is 2. The molecule has 23 heavy (non-hydrogen) atoms. The Labute approximate surface area is 142 Å². The van der Waals surface area contributed by atoms with Crippen molar-refractivity contribution in [3.63, 3.8) is 0 Å². The van der Waals surface area contributed by atoms with Crippen molar-refractivity contribution < 1.29 is 14.2 Å². The molecule has 0 radical (unpaired) electrons. The molecule has 1 aromatic rings. The van der Waals surface area contributed by atoms with Gasteiger partial charge in [0, 0.05) is 32.7 Å². The lowest BCUT2D eigenvalue weighted by Gasteiger charge is -2.32. The van der Waals surface area contributed by atoms with E-state index in [1.165, 1.54) is 11.1 Å². The molecule has 3 rings (SSSR count). The first kappa shape index (κ1) is 16.3. The Morgan fingerprint density at radius 1 is 1.30 bits per heavy atom. The highest BCUT2D eigenvalue weighted by Crippen LogP contribution is 2.35. The normalized spacial score (nSPS) is 17.9. The number of nitrogens with one attached hydrogen (secondary N) is 1. The zero-order chi connectivity index (χ0) is 16.2. The Balaban J connectivity index is 1.70. The molecular weight excluding hydrogens is 312 g/mol. The van der Waals surface area contributed by atoms with E-state index in [0.717, 1.165) is 49.1 Å². The van der Waals surface area contributed by atoms with Gasteiger partial charge in [0.05, 0.1) is 19.8 Å². The Bertz CT molecular complexity index is 579. The molecule has 6 heteroatoms. The lowest BCUT2D eigenvalue weighted by molar-refractivity contribution is 0.177. The zero-order valence-electron chi connectivity index (χ0n) is 13.8. The topological polar surface area (TPSA) is 43.0 Å². The highest BCUT2D eigenvalue weighted by molar-refractivity contribution is 7.80. The molecule has 2 aliphatic rings. The monoisotopic (exact) mass is 336 g/mol. The van der Waals surface area contributed by atoms with Crippen LogP contribution in [0.15, 0.2) is 12.1 Å². The van der Waals surface area contributed by atoms with Crippen LogP contribution in [-0.4, -0.2) is 49.5 Å². The number of hydrogen-bond donors (Lipinski definition) is 1. The van der Waals surface area contributed by atoms with Gasteiger partial charge in [0.2, 0.25) is 0 Å². The van der Waals surface area contributed by atoms with Crippen molar-refractivity contribution >= 4 is 17.3 Å². The van der Waals surface area contributed by atoms with E-state index >= 15 is 0 Å². The fraction of sp³-hybridized carbons (Fsp3) is 0.588. The number of hydrogen-bond acceptors (Lipinski definition) is 4. The van der Waals surface area contributed by atoms with Crippen LogP contribution in [0.5, 0.6) is 11.5 Å². The average Bonchev–Trinajstić information content (AvgIpc) is 2.77. The molecular formula is C17H24N2O3S. The highest BCUT2D eigenvalue weighted by atomic mass is 32.1. The fourth-order valence-corrected chi connectivity index (χ4v) is 3.34. The van der Waals surface area contributed by atoms with Crippen LogP contribution in [0.3, 0.4) is 0 Å². The van der Waals surface area contributed by atoms with Crippen molar-refractivity contribution in [2.24, 2.45) is 0 Å². The maximum atomic E-state index is 5.80. The number of rotatable bonds is 3. The van der Waals surface area contributed by atoms with Gasteiger partial charge in [-0.3, -0.25) is 0 Å². The van der Waals surface area contributed by atoms with Crippen molar-refractivity contribution in [1.29, 1.82) is 0 Å². The summed E-state index contributed by atoms with van der Waals surface area (Å²) < 4.78 is 16.7. The summed E-state index contributed by atoms with van der Waals surface area (Å²) in [6.45, 7) is 5.87. The molecule has 0 fully saturated rings. The third kappa shape index (κ3) is 3.87. The molecule has 0 saturated carbocycles. The summed E-state index contributed by atoms with van der Waals surface area (Å²) in [7, 11) is 1.70. The molecule has 5 nitrogen and oxygen atoms in total. The SMILES string of the molecule is COC[C@H](C)NC(=S)N1CCc2cc3c(cc2C1)OCCCO3. The lowest BCUT2D eigenvalue weighted by atomic mass is 9.99. The first-order valence-corrected chi connectivity index (χ1v) is 8.54. The van der Waals surface area contributed by atoms with Gasteiger partial charge in [0.15, 0.2) is 16.6 Å². The fourth-order valence-electron chi connectivity index (χ4n) is 2.98. The van der Waals surface area contributed by atoms with Crippen LogP contribution in [-0.2, 0) is 17.7 Å². The number of thiocarbonyl (C=S) groups is 1. The van der Waals surface area contributed by atoms with E-state index in [9.17, 15) is 0 Å². The molecule has 0 aromatic heterocycles. The van der Waals surface area contributed by atoms with E-state index in [1.807, 2.05) is 0 Å². The molecule has 1 atom stereocenters. The number of methoxy groups -OCH3 is 1. The molecule has 0 spiro atoms. The van der Waals surface area contributed by atoms with Gasteiger partial charge in [0.25, 0.3) is 0 Å². The number of nitrogens with zero attached hydrogens (tertiary/aromatic N) is 1. The van der Waals surface area contributed by atoms with Crippen molar-refractivity contribution in [2.45, 2.75) is 32.4 Å². The van der Waals surface area contributed by atoms with Crippen LogP contribution in [0.1, 0.15) is 24.5 Å². The maximum absolute atomic E-state index is 5.80. The minimum absolute atomic E-state index is 0.206. The smallest absolute Gasteiger partial charge is 0.169 e. The predicted octanol–water partition coefficient (Wildman–Crippen LogP) is 2.12. The van der Waals surface area contributed by atoms with Crippen LogP contribution in [0.25, 0.3) is 0 Å². The standard InChI is InChI=1S/C17H24N2O3S/c1-12(11-20-2)18-17(23)19-5-4-13-8-15-16(9-14(13)10-19)22-7-3-6-21-15/h8-9,12H,3-7,10-11H2,1-2H3,(H,18,23)/t12-/m0/s1. The minimum atomic E-state index is 0.206. The van der Waals surface area contributed by atoms with Gasteiger partial charge in [-0.1, -0.05) is 0 Å². The van der Waals surface area contributed by atoms with Crippen molar-refractivity contribution in [2.75, 3.05) is 33.5 Å². The number of benzene rings is 1. The Morgan fingerprint density at radius 3 is 2.70 bits per heavy atom. The summed E-state index contributed by atoms with van der Waals surface area (Å²) in [6, 6.07) is 4.46. The van der Waals surface area contributed by atoms with Crippen LogP contribution >= 0.6 is 12.2 Å². The van der Waals surface area contributed by atoms with Crippen molar-refractivity contribution in [3.05, 3.63) is 23.3 Å². The minimum Gasteiger partial charge on any atom is -0.490 e. The summed E-state index contributed by atoms with van der Waals surface area (Å²) >= 11 is 5.54. The quantitative estimate of drug-likeness (QED) is 0.853. The van der Waals surface area contributed by atoms with E-state index in [0.29, 0.717) is 13.2 Å². The van der Waals surface area contributed by atoms with Gasteiger partial charge in [-0.25, -0.2) is 0 Å². The summed E-state index contributed by atoms with van der Waals surface area (Å²) in [6.07, 6.45) is 1.89. The van der Waals surface area contributed by atoms with Gasteiger partial charge in [-0.2, -0.15) is 0 Å². The van der Waals surface area contributed by atoms with E-state index in [2.05, 4.69) is 29.3 Å². The van der Waals surface area contributed by atoms with Gasteiger partial charge >= 0.3 is 0 Å². The summed E-state index contributed by atoms with van der Waals surface area (Å²) in [4.78, 5) is 2.20. The number of ether oxygens (including phenoxy) is 3. The molecule has 126 valence electrons. The second kappa shape index (κ2) is 7.36. The van der Waals surface area contributed by atoms with Crippen LogP contribution in [0.4, 0.5) is 0 Å². The summed E-state index contributed by atoms with van der Waals surface area (Å²) in [5.74, 6) is 1.74. The summed E-state index contributed by atoms with van der Waals surface area (Å²) in [5, 5.41) is 4.11. The van der Waals surface area contributed by atoms with Gasteiger partial charge < -0.3 is 24.4 Å². The third-order valence-corrected chi connectivity index (χ3v) is 4.53. The molecule has 1 aromatic carbocycles. The third-order valence-electron chi connectivity index (χ3n) is 4.16. The maximum Gasteiger partial charge on any atom is 0.169 e. The molecule has 0 amide bonds. The van der Waals surface area contributed by atoms with Gasteiger partial charge in [-0.05, 0) is 48.8 Å². The van der Waals surface area contributed by atoms with Gasteiger partial charge in [-0.15, -0.1) is 0 Å². The zero-order valence-corrected chi connectivity index (χ0v) is 14.6. The van der Waals surface area contributed by atoms with Crippen LogP contribution in [0, 0.1) is 0 Å². The molecule has 2 heterocycles. The Hall–Kier alpha value is -1.53. The average molecular weight is 336 g/mol. The lowest BCUT2D eigenvalue weighted by Crippen LogP contribution is -2.46. The van der Waals surface area contributed by atoms with E-state index < -0.39 is 0 Å². The second-order valence-corrected chi connectivity index (χ2v) is 6.48. The first-order valence-electron chi connectivity index (χ1n) is 8.13. The predicted molar refractivity (Wildman–Crippen MR) is 93.2 cm³/mol. The molecule has 0 bridgehead atoms. The first-order chi connectivity index (χ1) is 11.2. The highest BCUT2D eigenvalue weighted by Gasteiger charge is 2.22. The largest absolute Gasteiger partial charge is 0.490 e. The Kier molecular flexibility index (Phi) is 5.23. The molecule has 2 aliphatic heterocycles. The second-order valence-electron chi connectivity index (χ2n) is 6.10. The van der Waals surface area contributed by atoms with E-state index in [1.54, 1.807) is 7.11 Å². The van der Waals surface area contributed by atoms with Crippen LogP contribution < -0.4 is 14.8 Å². The van der Waals surface area contributed by atoms with E-state index in [4.69, 9.17) is 26.4 Å².